The van der Waals surface area contributed by atoms with E-state index in [0.717, 1.165) is 22.5 Å². The van der Waals surface area contributed by atoms with Gasteiger partial charge >= 0.3 is 0 Å². The number of rotatable bonds is 10. The van der Waals surface area contributed by atoms with Crippen molar-refractivity contribution in [1.82, 2.24) is 0 Å². The van der Waals surface area contributed by atoms with Crippen molar-refractivity contribution in [1.29, 1.82) is 10.5 Å². The van der Waals surface area contributed by atoms with Gasteiger partial charge in [-0.05, 0) is 55.0 Å². The van der Waals surface area contributed by atoms with Crippen molar-refractivity contribution in [2.24, 2.45) is 4.99 Å². The molecule has 0 N–H and O–H groups in total. The Labute approximate surface area is 217 Å². The third kappa shape index (κ3) is 6.42. The molecule has 1 aliphatic rings. The summed E-state index contributed by atoms with van der Waals surface area (Å²) >= 11 is 0. The summed E-state index contributed by atoms with van der Waals surface area (Å²) in [5.41, 5.74) is 3.91. The zero-order valence-electron chi connectivity index (χ0n) is 20.7. The Morgan fingerprint density at radius 2 is 1.57 bits per heavy atom. The van der Waals surface area contributed by atoms with Crippen molar-refractivity contribution >= 4 is 29.2 Å². The monoisotopic (exact) mass is 489 g/mol. The molecule has 0 radical (unpaired) electrons. The Balaban J connectivity index is 1.58. The molecule has 0 saturated heterocycles. The van der Waals surface area contributed by atoms with Gasteiger partial charge in [0.2, 0.25) is 0 Å². The number of carbonyl (C=O) groups excluding carboxylic acids is 1. The maximum Gasteiger partial charge on any atom is 0.282 e. The number of nitrogens with zero attached hydrogens (tertiary/aromatic N) is 5. The van der Waals surface area contributed by atoms with Gasteiger partial charge in [0.05, 0.1) is 30.7 Å². The van der Waals surface area contributed by atoms with Crippen molar-refractivity contribution in [3.63, 3.8) is 0 Å². The largest absolute Gasteiger partial charge is 0.486 e. The van der Waals surface area contributed by atoms with E-state index in [0.29, 0.717) is 43.2 Å². The summed E-state index contributed by atoms with van der Waals surface area (Å²) in [4.78, 5) is 21.7. The van der Waals surface area contributed by atoms with E-state index in [4.69, 9.17) is 15.3 Å². The molecule has 0 saturated carbocycles. The second kappa shape index (κ2) is 12.2. The molecule has 1 heterocycles. The number of para-hydroxylation sites is 1. The fraction of sp³-hybridized carbons (Fsp3) is 0.200. The highest BCUT2D eigenvalue weighted by molar-refractivity contribution is 6.29. The van der Waals surface area contributed by atoms with Crippen molar-refractivity contribution in [3.8, 4) is 17.9 Å². The maximum atomic E-state index is 13.4. The summed E-state index contributed by atoms with van der Waals surface area (Å²) in [6, 6.07) is 29.1. The van der Waals surface area contributed by atoms with E-state index in [2.05, 4.69) is 17.1 Å². The Morgan fingerprint density at radius 3 is 2.19 bits per heavy atom. The molecule has 7 heteroatoms. The van der Waals surface area contributed by atoms with Gasteiger partial charge in [0.15, 0.2) is 5.84 Å². The summed E-state index contributed by atoms with van der Waals surface area (Å²) in [6.07, 6.45) is 2.52. The SMILES string of the molecule is Cc1ccc(N2C(=O)C(=Cc3ccc(N(CCC#N)CCC#N)cc3)N=C2COc2ccccc2)cc1. The predicted molar refractivity (Wildman–Crippen MR) is 145 cm³/mol. The van der Waals surface area contributed by atoms with Crippen LogP contribution in [0.3, 0.4) is 0 Å². The van der Waals surface area contributed by atoms with Crippen LogP contribution in [0.2, 0.25) is 0 Å². The molecule has 184 valence electrons. The standard InChI is InChI=1S/C30H27N5O2/c1-23-9-13-26(14-10-23)35-29(22-37-27-7-3-2-4-8-27)33-28(30(35)36)21-24-11-15-25(16-12-24)34(19-5-17-31)20-6-18-32/h2-4,7-16,21H,5-6,19-20,22H2,1H3. The molecule has 0 fully saturated rings. The molecular formula is C30H27N5O2. The number of aliphatic imine (C=N–C) groups is 1. The molecular weight excluding hydrogens is 462 g/mol. The first kappa shape index (κ1) is 25.2. The van der Waals surface area contributed by atoms with Gasteiger partial charge in [-0.2, -0.15) is 10.5 Å². The van der Waals surface area contributed by atoms with Gasteiger partial charge in [-0.25, -0.2) is 4.99 Å². The number of amides is 1. The summed E-state index contributed by atoms with van der Waals surface area (Å²) in [6.45, 7) is 3.25. The van der Waals surface area contributed by atoms with E-state index in [9.17, 15) is 4.79 Å². The Kier molecular flexibility index (Phi) is 8.31. The summed E-state index contributed by atoms with van der Waals surface area (Å²) in [5, 5.41) is 17.9. The van der Waals surface area contributed by atoms with Crippen molar-refractivity contribution in [2.75, 3.05) is 29.5 Å². The molecule has 4 rings (SSSR count). The van der Waals surface area contributed by atoms with Crippen LogP contribution in [0.4, 0.5) is 11.4 Å². The van der Waals surface area contributed by atoms with Gasteiger partial charge < -0.3 is 9.64 Å². The number of aryl methyl sites for hydroxylation is 1. The van der Waals surface area contributed by atoms with Crippen molar-refractivity contribution in [2.45, 2.75) is 19.8 Å². The Bertz CT molecular complexity index is 1350. The quantitative estimate of drug-likeness (QED) is 0.351. The first-order valence-corrected chi connectivity index (χ1v) is 12.1. The van der Waals surface area contributed by atoms with Crippen LogP contribution < -0.4 is 14.5 Å². The van der Waals surface area contributed by atoms with Gasteiger partial charge in [-0.15, -0.1) is 0 Å². The van der Waals surface area contributed by atoms with Crippen LogP contribution in [0.25, 0.3) is 6.08 Å². The predicted octanol–water partition coefficient (Wildman–Crippen LogP) is 5.49. The van der Waals surface area contributed by atoms with E-state index < -0.39 is 0 Å². The third-order valence-corrected chi connectivity index (χ3v) is 5.88. The second-order valence-corrected chi connectivity index (χ2v) is 8.53. The van der Waals surface area contributed by atoms with Crippen LogP contribution in [-0.2, 0) is 4.79 Å². The number of benzene rings is 3. The number of nitriles is 2. The van der Waals surface area contributed by atoms with Gasteiger partial charge in [0.25, 0.3) is 5.91 Å². The molecule has 0 bridgehead atoms. The lowest BCUT2D eigenvalue weighted by atomic mass is 10.1. The van der Waals surface area contributed by atoms with E-state index in [1.807, 2.05) is 90.7 Å². The van der Waals surface area contributed by atoms with Gasteiger partial charge in [0, 0.05) is 18.8 Å². The third-order valence-electron chi connectivity index (χ3n) is 5.88. The van der Waals surface area contributed by atoms with Crippen LogP contribution >= 0.6 is 0 Å². The van der Waals surface area contributed by atoms with E-state index in [-0.39, 0.29) is 12.5 Å². The lowest BCUT2D eigenvalue weighted by Crippen LogP contribution is -2.35. The number of hydrogen-bond acceptors (Lipinski definition) is 6. The maximum absolute atomic E-state index is 13.4. The van der Waals surface area contributed by atoms with Gasteiger partial charge in [-0.1, -0.05) is 48.0 Å². The van der Waals surface area contributed by atoms with Gasteiger partial charge in [-0.3, -0.25) is 9.69 Å². The fourth-order valence-corrected chi connectivity index (χ4v) is 3.96. The molecule has 3 aromatic carbocycles. The minimum Gasteiger partial charge on any atom is -0.486 e. The van der Waals surface area contributed by atoms with Crippen molar-refractivity contribution < 1.29 is 9.53 Å². The van der Waals surface area contributed by atoms with Gasteiger partial charge in [0.1, 0.15) is 18.1 Å². The van der Waals surface area contributed by atoms with E-state index in [1.165, 1.54) is 0 Å². The molecule has 0 aliphatic carbocycles. The van der Waals surface area contributed by atoms with Crippen LogP contribution in [0.15, 0.2) is 89.6 Å². The average Bonchev–Trinajstić information content (AvgIpc) is 3.23. The first-order valence-electron chi connectivity index (χ1n) is 12.1. The van der Waals surface area contributed by atoms with Crippen LogP contribution in [0.5, 0.6) is 5.75 Å². The molecule has 0 aromatic heterocycles. The molecule has 0 atom stereocenters. The summed E-state index contributed by atoms with van der Waals surface area (Å²) in [7, 11) is 0. The average molecular weight is 490 g/mol. The Morgan fingerprint density at radius 1 is 0.919 bits per heavy atom. The number of hydrogen-bond donors (Lipinski definition) is 0. The normalized spacial score (nSPS) is 13.7. The molecule has 1 aliphatic heterocycles. The molecule has 3 aromatic rings. The molecule has 1 amide bonds. The number of anilines is 2. The highest BCUT2D eigenvalue weighted by Crippen LogP contribution is 2.27. The first-order chi connectivity index (χ1) is 18.1. The topological polar surface area (TPSA) is 92.7 Å². The minimum absolute atomic E-state index is 0.145. The zero-order valence-corrected chi connectivity index (χ0v) is 20.7. The summed E-state index contributed by atoms with van der Waals surface area (Å²) in [5.74, 6) is 0.996. The Hall–Kier alpha value is -4.88. The van der Waals surface area contributed by atoms with Crippen LogP contribution in [0, 0.1) is 29.6 Å². The lowest BCUT2D eigenvalue weighted by molar-refractivity contribution is -0.113. The number of amidine groups is 1. The van der Waals surface area contributed by atoms with Crippen molar-refractivity contribution in [3.05, 3.63) is 95.7 Å². The number of carbonyl (C=O) groups is 1. The highest BCUT2D eigenvalue weighted by Gasteiger charge is 2.32. The second-order valence-electron chi connectivity index (χ2n) is 8.53. The zero-order chi connectivity index (χ0) is 26.0. The van der Waals surface area contributed by atoms with Crippen LogP contribution in [-0.4, -0.2) is 31.4 Å². The highest BCUT2D eigenvalue weighted by atomic mass is 16.5. The smallest absolute Gasteiger partial charge is 0.282 e. The molecule has 37 heavy (non-hydrogen) atoms. The van der Waals surface area contributed by atoms with E-state index in [1.54, 1.807) is 11.0 Å². The molecule has 7 nitrogen and oxygen atoms in total. The number of ether oxygens (including phenoxy) is 1. The summed E-state index contributed by atoms with van der Waals surface area (Å²) < 4.78 is 5.92. The van der Waals surface area contributed by atoms with Crippen LogP contribution in [0.1, 0.15) is 24.0 Å². The fourth-order valence-electron chi connectivity index (χ4n) is 3.96. The lowest BCUT2D eigenvalue weighted by Gasteiger charge is -2.22. The molecule has 0 unspecified atom stereocenters. The minimum atomic E-state index is -0.218. The molecule has 0 spiro atoms. The van der Waals surface area contributed by atoms with E-state index >= 15 is 0 Å².